The van der Waals surface area contributed by atoms with Gasteiger partial charge in [-0.15, -0.1) is 0 Å². The fourth-order valence-electron chi connectivity index (χ4n) is 9.25. The standard InChI is InChI=1S/C71H122O6/c1-4-7-10-13-16-19-22-25-28-31-34-35-38-40-43-46-49-52-55-58-61-64-70(73)76-67-68(77-71(74)65-62-59-56-53-50-47-44-41-37-33-30-27-24-21-18-15-12-9-6-3)66-75-69(72)63-60-57-54-51-48-45-42-39-36-32-29-26-23-20-17-14-11-8-5-2/h7,9-10,12,16,18-19,21,25,27-28,30,34-35,37,41,68H,4-6,8,11,13-15,17,20,22-24,26,29,31-33,36,38-40,42-67H2,1-3H3/b10-7-,12-9-,19-16-,21-18-,28-25-,30-27-,35-34-,41-37-. The highest BCUT2D eigenvalue weighted by Crippen LogP contribution is 2.17. The van der Waals surface area contributed by atoms with Crippen molar-refractivity contribution in [1.29, 1.82) is 0 Å². The largest absolute Gasteiger partial charge is 0.462 e. The van der Waals surface area contributed by atoms with Crippen molar-refractivity contribution in [1.82, 2.24) is 0 Å². The van der Waals surface area contributed by atoms with E-state index in [0.717, 1.165) is 128 Å². The monoisotopic (exact) mass is 1070 g/mol. The molecule has 77 heavy (non-hydrogen) atoms. The Morgan fingerprint density at radius 1 is 0.273 bits per heavy atom. The zero-order chi connectivity index (χ0) is 55.7. The van der Waals surface area contributed by atoms with E-state index < -0.39 is 6.10 Å². The summed E-state index contributed by atoms with van der Waals surface area (Å²) in [6.45, 7) is 6.44. The predicted molar refractivity (Wildman–Crippen MR) is 334 cm³/mol. The van der Waals surface area contributed by atoms with E-state index in [1.165, 1.54) is 148 Å². The van der Waals surface area contributed by atoms with Crippen LogP contribution in [0, 0.1) is 0 Å². The highest BCUT2D eigenvalue weighted by Gasteiger charge is 2.19. The van der Waals surface area contributed by atoms with E-state index in [-0.39, 0.29) is 31.1 Å². The van der Waals surface area contributed by atoms with Gasteiger partial charge in [-0.2, -0.15) is 0 Å². The van der Waals surface area contributed by atoms with Gasteiger partial charge in [0.25, 0.3) is 0 Å². The molecule has 0 amide bonds. The number of hydrogen-bond acceptors (Lipinski definition) is 6. The van der Waals surface area contributed by atoms with Crippen LogP contribution in [0.3, 0.4) is 0 Å². The van der Waals surface area contributed by atoms with Gasteiger partial charge in [-0.3, -0.25) is 14.4 Å². The Morgan fingerprint density at radius 2 is 0.506 bits per heavy atom. The van der Waals surface area contributed by atoms with Crippen LogP contribution in [0.5, 0.6) is 0 Å². The predicted octanol–water partition coefficient (Wildman–Crippen LogP) is 22.4. The van der Waals surface area contributed by atoms with Crippen molar-refractivity contribution in [2.24, 2.45) is 0 Å². The molecule has 0 aromatic rings. The summed E-state index contributed by atoms with van der Waals surface area (Å²) < 4.78 is 17.0. The van der Waals surface area contributed by atoms with E-state index in [1.54, 1.807) is 0 Å². The molecule has 0 spiro atoms. The van der Waals surface area contributed by atoms with Gasteiger partial charge in [-0.1, -0.05) is 298 Å². The Bertz CT molecular complexity index is 1510. The number of ether oxygens (including phenoxy) is 3. The first-order valence-electron chi connectivity index (χ1n) is 32.7. The molecule has 6 nitrogen and oxygen atoms in total. The number of esters is 3. The van der Waals surface area contributed by atoms with Crippen molar-refractivity contribution in [2.75, 3.05) is 13.2 Å². The number of unbranched alkanes of at least 4 members (excludes halogenated alkanes) is 32. The van der Waals surface area contributed by atoms with Gasteiger partial charge in [-0.05, 0) is 96.3 Å². The summed E-state index contributed by atoms with van der Waals surface area (Å²) in [6, 6.07) is 0. The number of rotatable bonds is 59. The maximum absolute atomic E-state index is 12.9. The molecule has 0 N–H and O–H groups in total. The maximum atomic E-state index is 12.9. The lowest BCUT2D eigenvalue weighted by Crippen LogP contribution is -2.30. The van der Waals surface area contributed by atoms with E-state index in [9.17, 15) is 14.4 Å². The first kappa shape index (κ1) is 73.3. The second-order valence-electron chi connectivity index (χ2n) is 21.6. The minimum atomic E-state index is -0.790. The molecule has 0 saturated heterocycles. The highest BCUT2D eigenvalue weighted by molar-refractivity contribution is 5.71. The summed E-state index contributed by atoms with van der Waals surface area (Å²) in [5.74, 6) is -0.892. The van der Waals surface area contributed by atoms with Gasteiger partial charge in [-0.25, -0.2) is 0 Å². The van der Waals surface area contributed by atoms with Gasteiger partial charge in [0.15, 0.2) is 6.10 Å². The minimum absolute atomic E-state index is 0.0836. The third-order valence-electron chi connectivity index (χ3n) is 14.1. The van der Waals surface area contributed by atoms with Crippen molar-refractivity contribution < 1.29 is 28.6 Å². The van der Waals surface area contributed by atoms with Gasteiger partial charge >= 0.3 is 17.9 Å². The van der Waals surface area contributed by atoms with Crippen LogP contribution in [-0.2, 0) is 28.6 Å². The normalized spacial score (nSPS) is 12.7. The van der Waals surface area contributed by atoms with Crippen LogP contribution in [-0.4, -0.2) is 37.2 Å². The van der Waals surface area contributed by atoms with Crippen LogP contribution >= 0.6 is 0 Å². The zero-order valence-electron chi connectivity index (χ0n) is 50.7. The molecule has 1 atom stereocenters. The number of allylic oxidation sites excluding steroid dienone is 16. The molecule has 0 aromatic carbocycles. The molecule has 0 aromatic heterocycles. The SMILES string of the molecule is CC/C=C\C/C=C\C/C=C\C/C=C\CCCCCCCCCCC(=O)OCC(COC(=O)CCCCCCCCCCCCCCCCCCCCC)OC(=O)CCCCCCCC/C=C\C/C=C\C/C=C\C/C=C\CC. The van der Waals surface area contributed by atoms with E-state index >= 15 is 0 Å². The van der Waals surface area contributed by atoms with Gasteiger partial charge in [0.05, 0.1) is 0 Å². The summed E-state index contributed by atoms with van der Waals surface area (Å²) in [7, 11) is 0. The summed E-state index contributed by atoms with van der Waals surface area (Å²) in [6.07, 6.45) is 86.9. The average Bonchev–Trinajstić information content (AvgIpc) is 3.43. The summed E-state index contributed by atoms with van der Waals surface area (Å²) in [4.78, 5) is 38.4. The third kappa shape index (κ3) is 63.0. The van der Waals surface area contributed by atoms with Crippen LogP contribution < -0.4 is 0 Å². The maximum Gasteiger partial charge on any atom is 0.306 e. The Balaban J connectivity index is 4.41. The Kier molecular flexibility index (Phi) is 61.8. The molecule has 442 valence electrons. The van der Waals surface area contributed by atoms with Crippen molar-refractivity contribution >= 4 is 17.9 Å². The van der Waals surface area contributed by atoms with Crippen molar-refractivity contribution in [3.8, 4) is 0 Å². The Morgan fingerprint density at radius 3 is 0.792 bits per heavy atom. The molecule has 0 heterocycles. The molecule has 0 saturated carbocycles. The van der Waals surface area contributed by atoms with Crippen LogP contribution in [0.1, 0.15) is 316 Å². The molecule has 0 radical (unpaired) electrons. The highest BCUT2D eigenvalue weighted by atomic mass is 16.6. The lowest BCUT2D eigenvalue weighted by molar-refractivity contribution is -0.167. The van der Waals surface area contributed by atoms with Gasteiger partial charge in [0.2, 0.25) is 0 Å². The number of hydrogen-bond donors (Lipinski definition) is 0. The Hall–Kier alpha value is -3.67. The first-order chi connectivity index (χ1) is 38.0. The van der Waals surface area contributed by atoms with Crippen LogP contribution in [0.2, 0.25) is 0 Å². The molecule has 0 aliphatic rings. The summed E-state index contributed by atoms with van der Waals surface area (Å²) in [5, 5.41) is 0. The zero-order valence-corrected chi connectivity index (χ0v) is 50.7. The molecular formula is C71H122O6. The fraction of sp³-hybridized carbons (Fsp3) is 0.732. The molecule has 0 aliphatic carbocycles. The van der Waals surface area contributed by atoms with Gasteiger partial charge in [0.1, 0.15) is 13.2 Å². The molecule has 0 aliphatic heterocycles. The molecule has 6 heteroatoms. The molecule has 0 rings (SSSR count). The minimum Gasteiger partial charge on any atom is -0.462 e. The van der Waals surface area contributed by atoms with E-state index in [0.29, 0.717) is 19.3 Å². The van der Waals surface area contributed by atoms with E-state index in [4.69, 9.17) is 14.2 Å². The number of carbonyl (C=O) groups excluding carboxylic acids is 3. The number of carbonyl (C=O) groups is 3. The van der Waals surface area contributed by atoms with E-state index in [1.807, 2.05) is 0 Å². The summed E-state index contributed by atoms with van der Waals surface area (Å²) in [5.41, 5.74) is 0. The molecule has 0 fully saturated rings. The van der Waals surface area contributed by atoms with Crippen LogP contribution in [0.25, 0.3) is 0 Å². The molecule has 0 bridgehead atoms. The lowest BCUT2D eigenvalue weighted by Gasteiger charge is -2.18. The van der Waals surface area contributed by atoms with Crippen LogP contribution in [0.15, 0.2) is 97.2 Å². The van der Waals surface area contributed by atoms with Crippen LogP contribution in [0.4, 0.5) is 0 Å². The summed E-state index contributed by atoms with van der Waals surface area (Å²) >= 11 is 0. The van der Waals surface area contributed by atoms with E-state index in [2.05, 4.69) is 118 Å². The van der Waals surface area contributed by atoms with Crippen molar-refractivity contribution in [3.05, 3.63) is 97.2 Å². The second-order valence-corrected chi connectivity index (χ2v) is 21.6. The first-order valence-corrected chi connectivity index (χ1v) is 32.7. The smallest absolute Gasteiger partial charge is 0.306 e. The van der Waals surface area contributed by atoms with Gasteiger partial charge in [0, 0.05) is 19.3 Å². The lowest BCUT2D eigenvalue weighted by atomic mass is 10.0. The topological polar surface area (TPSA) is 78.9 Å². The third-order valence-corrected chi connectivity index (χ3v) is 14.1. The molecule has 1 unspecified atom stereocenters. The quantitative estimate of drug-likeness (QED) is 0.0261. The second kappa shape index (κ2) is 64.9. The molecular weight excluding hydrogens is 949 g/mol. The van der Waals surface area contributed by atoms with Crippen molar-refractivity contribution in [3.63, 3.8) is 0 Å². The fourth-order valence-corrected chi connectivity index (χ4v) is 9.25. The van der Waals surface area contributed by atoms with Gasteiger partial charge < -0.3 is 14.2 Å². The average molecular weight is 1070 g/mol. The van der Waals surface area contributed by atoms with Crippen molar-refractivity contribution in [2.45, 2.75) is 322 Å². The Labute approximate surface area is 477 Å².